The summed E-state index contributed by atoms with van der Waals surface area (Å²) in [6, 6.07) is 24.0. The van der Waals surface area contributed by atoms with Crippen LogP contribution in [0.3, 0.4) is 0 Å². The van der Waals surface area contributed by atoms with Gasteiger partial charge >= 0.3 is 42.2 Å². The standard InChI is InChI=1S/C36H34O13.C16H18O7/c1-3-31(38)42-18-4-5-19-43-36(41)48-28-16-10-25(11-17-28)34(39)47-27-14-8-23(9-15-27)22(2)46-29-20-44-33-30(21-45-32(29)33)49-35(40)24-6-12-26(37)13-7-24;1-3-14(17)21-10-4-5-11-22-16(19)23-13-8-6-12(7-9-13)15(18)20-2/h3,6-17,29-30,32-33,37H,1-2,4-5,18-21H2;3,6-9H,1,4-5,10-11H2,2H3/t29?,30-,32+,33+;/m0./s1. The summed E-state index contributed by atoms with van der Waals surface area (Å²) < 4.78 is 62.9. The molecule has 2 fully saturated rings. The molecular weight excluding hydrogens is 945 g/mol. The fraction of sp³-hybridized carbons (Fsp3) is 0.288. The van der Waals surface area contributed by atoms with Crippen molar-refractivity contribution in [2.24, 2.45) is 0 Å². The maximum Gasteiger partial charge on any atom is 0.513 e. The molecule has 4 aromatic carbocycles. The van der Waals surface area contributed by atoms with Crippen LogP contribution in [0.4, 0.5) is 9.59 Å². The molecule has 0 spiro atoms. The Bertz CT molecular complexity index is 2500. The fourth-order valence-electron chi connectivity index (χ4n) is 6.43. The third kappa shape index (κ3) is 17.5. The molecule has 4 atom stereocenters. The molecule has 0 amide bonds. The minimum atomic E-state index is -0.906. The molecule has 2 saturated heterocycles. The molecule has 6 rings (SSSR count). The fourth-order valence-corrected chi connectivity index (χ4v) is 6.43. The summed E-state index contributed by atoms with van der Waals surface area (Å²) in [6.07, 6.45) is 0.389. The Hall–Kier alpha value is -8.49. The van der Waals surface area contributed by atoms with Gasteiger partial charge in [0.05, 0.1) is 63.4 Å². The molecule has 2 aliphatic rings. The van der Waals surface area contributed by atoms with Crippen LogP contribution in [0, 0.1) is 0 Å². The van der Waals surface area contributed by atoms with Gasteiger partial charge in [0, 0.05) is 17.7 Å². The van der Waals surface area contributed by atoms with Crippen molar-refractivity contribution in [1.29, 1.82) is 0 Å². The zero-order valence-corrected chi connectivity index (χ0v) is 39.1. The topological polar surface area (TPSA) is 250 Å². The monoisotopic (exact) mass is 996 g/mol. The van der Waals surface area contributed by atoms with Crippen molar-refractivity contribution in [3.63, 3.8) is 0 Å². The van der Waals surface area contributed by atoms with Gasteiger partial charge in [0.1, 0.15) is 41.0 Å². The summed E-state index contributed by atoms with van der Waals surface area (Å²) in [7, 11) is 1.28. The molecule has 0 aromatic heterocycles. The molecule has 2 aliphatic heterocycles. The number of carbonyl (C=O) groups is 7. The lowest BCUT2D eigenvalue weighted by Crippen LogP contribution is -2.35. The highest BCUT2D eigenvalue weighted by Crippen LogP contribution is 2.33. The maximum absolute atomic E-state index is 12.7. The number of phenols is 1. The Morgan fingerprint density at radius 3 is 1.33 bits per heavy atom. The second kappa shape index (κ2) is 28.2. The van der Waals surface area contributed by atoms with E-state index < -0.39 is 66.6 Å². The summed E-state index contributed by atoms with van der Waals surface area (Å²) in [5.41, 5.74) is 1.52. The number of esters is 5. The molecule has 72 heavy (non-hydrogen) atoms. The number of fused-ring (bicyclic) bond motifs is 1. The average Bonchev–Trinajstić information content (AvgIpc) is 3.98. The Morgan fingerprint density at radius 1 is 0.514 bits per heavy atom. The van der Waals surface area contributed by atoms with E-state index >= 15 is 0 Å². The molecular formula is C52H52O20. The molecule has 0 aliphatic carbocycles. The zero-order chi connectivity index (χ0) is 51.8. The molecule has 2 heterocycles. The molecule has 20 nitrogen and oxygen atoms in total. The van der Waals surface area contributed by atoms with E-state index in [0.717, 1.165) is 12.2 Å². The van der Waals surface area contributed by atoms with Crippen molar-refractivity contribution in [1.82, 2.24) is 0 Å². The lowest BCUT2D eigenvalue weighted by molar-refractivity contribution is -0.138. The van der Waals surface area contributed by atoms with Crippen molar-refractivity contribution in [2.45, 2.75) is 50.1 Å². The van der Waals surface area contributed by atoms with Crippen LogP contribution in [-0.2, 0) is 52.2 Å². The molecule has 0 saturated carbocycles. The highest BCUT2D eigenvalue weighted by molar-refractivity contribution is 5.91. The number of ether oxygens (including phenoxy) is 12. The number of rotatable bonds is 22. The van der Waals surface area contributed by atoms with E-state index in [2.05, 4.69) is 24.5 Å². The number of aromatic hydroxyl groups is 1. The van der Waals surface area contributed by atoms with Crippen LogP contribution in [0.25, 0.3) is 5.76 Å². The molecule has 1 N–H and O–H groups in total. The number of benzene rings is 4. The third-order valence-electron chi connectivity index (χ3n) is 10.1. The highest BCUT2D eigenvalue weighted by Gasteiger charge is 2.51. The number of hydrogen-bond acceptors (Lipinski definition) is 20. The molecule has 380 valence electrons. The Morgan fingerprint density at radius 2 is 0.889 bits per heavy atom. The van der Waals surface area contributed by atoms with E-state index in [9.17, 15) is 38.7 Å². The average molecular weight is 997 g/mol. The Balaban J connectivity index is 0.000000351. The third-order valence-corrected chi connectivity index (χ3v) is 10.1. The van der Waals surface area contributed by atoms with Crippen molar-refractivity contribution in [3.05, 3.63) is 151 Å². The first-order valence-corrected chi connectivity index (χ1v) is 22.2. The summed E-state index contributed by atoms with van der Waals surface area (Å²) >= 11 is 0. The number of methoxy groups -OCH3 is 1. The number of unbranched alkanes of at least 4 members (excludes halogenated alkanes) is 2. The summed E-state index contributed by atoms with van der Waals surface area (Å²) in [5.74, 6) is -1.54. The minimum absolute atomic E-state index is 0.0454. The van der Waals surface area contributed by atoms with Crippen molar-refractivity contribution in [2.75, 3.05) is 46.8 Å². The quantitative estimate of drug-likeness (QED) is 0.0152. The first-order valence-electron chi connectivity index (χ1n) is 22.2. The minimum Gasteiger partial charge on any atom is -0.508 e. The SMILES string of the molecule is C=CC(=O)OCCCCOC(=O)Oc1ccc(C(=O)OC)cc1.C=CC(=O)OCCCCOC(=O)Oc1ccc(C(=O)Oc2ccc(C(=C)OC3CO[C@@H]4[C@@H](OC(=O)c5ccc(O)cc5)CO[C@H]34)cc2)cc1. The number of carbonyl (C=O) groups excluding carboxylic acids is 7. The van der Waals surface area contributed by atoms with Gasteiger partial charge in [-0.1, -0.05) is 19.7 Å². The summed E-state index contributed by atoms with van der Waals surface area (Å²) in [6.45, 7) is 11.6. The number of phenolic OH excluding ortho intramolecular Hbond substituents is 1. The smallest absolute Gasteiger partial charge is 0.508 e. The highest BCUT2D eigenvalue weighted by atomic mass is 16.7. The van der Waals surface area contributed by atoms with Crippen LogP contribution in [0.15, 0.2) is 129 Å². The van der Waals surface area contributed by atoms with Crippen LogP contribution >= 0.6 is 0 Å². The van der Waals surface area contributed by atoms with Crippen molar-refractivity contribution >= 4 is 47.9 Å². The van der Waals surface area contributed by atoms with Gasteiger partial charge in [-0.2, -0.15) is 0 Å². The molecule has 0 radical (unpaired) electrons. The zero-order valence-electron chi connectivity index (χ0n) is 39.1. The van der Waals surface area contributed by atoms with E-state index in [1.54, 1.807) is 24.3 Å². The van der Waals surface area contributed by atoms with Crippen LogP contribution < -0.4 is 14.2 Å². The van der Waals surface area contributed by atoms with Crippen LogP contribution in [0.1, 0.15) is 62.3 Å². The van der Waals surface area contributed by atoms with Gasteiger partial charge in [0.2, 0.25) is 0 Å². The first-order chi connectivity index (χ1) is 34.8. The van der Waals surface area contributed by atoms with Crippen LogP contribution in [0.5, 0.6) is 23.0 Å². The van der Waals surface area contributed by atoms with Crippen LogP contribution in [-0.4, -0.2) is 118 Å². The van der Waals surface area contributed by atoms with E-state index in [0.29, 0.717) is 48.1 Å². The molecule has 0 bridgehead atoms. The van der Waals surface area contributed by atoms with Gasteiger partial charge in [-0.05, 0) is 123 Å². The summed E-state index contributed by atoms with van der Waals surface area (Å²) in [5, 5.41) is 9.44. The normalized spacial score (nSPS) is 16.1. The number of hydrogen-bond donors (Lipinski definition) is 1. The summed E-state index contributed by atoms with van der Waals surface area (Å²) in [4.78, 5) is 81.5. The lowest BCUT2D eigenvalue weighted by atomic mass is 10.1. The lowest BCUT2D eigenvalue weighted by Gasteiger charge is -2.19. The molecule has 4 aromatic rings. The Kier molecular flexibility index (Phi) is 21.4. The van der Waals surface area contributed by atoms with E-state index in [4.69, 9.17) is 52.1 Å². The maximum atomic E-state index is 12.7. The molecule has 20 heteroatoms. The van der Waals surface area contributed by atoms with E-state index in [1.807, 2.05) is 0 Å². The molecule has 1 unspecified atom stereocenters. The Labute approximate surface area is 413 Å². The van der Waals surface area contributed by atoms with Gasteiger partial charge in [-0.25, -0.2) is 33.6 Å². The second-order valence-corrected chi connectivity index (χ2v) is 15.2. The van der Waals surface area contributed by atoms with E-state index in [1.165, 1.54) is 79.9 Å². The van der Waals surface area contributed by atoms with Gasteiger partial charge in [0.25, 0.3) is 0 Å². The predicted octanol–water partition coefficient (Wildman–Crippen LogP) is 7.51. The largest absolute Gasteiger partial charge is 0.513 e. The van der Waals surface area contributed by atoms with E-state index in [-0.39, 0.29) is 68.2 Å². The van der Waals surface area contributed by atoms with Gasteiger partial charge in [0.15, 0.2) is 12.2 Å². The van der Waals surface area contributed by atoms with Gasteiger partial charge in [-0.3, -0.25) is 0 Å². The van der Waals surface area contributed by atoms with Crippen molar-refractivity contribution in [3.8, 4) is 23.0 Å². The van der Waals surface area contributed by atoms with Gasteiger partial charge in [-0.15, -0.1) is 0 Å². The van der Waals surface area contributed by atoms with Crippen LogP contribution in [0.2, 0.25) is 0 Å². The van der Waals surface area contributed by atoms with Gasteiger partial charge < -0.3 is 61.9 Å². The van der Waals surface area contributed by atoms with Crippen molar-refractivity contribution < 1.29 is 95.5 Å². The second-order valence-electron chi connectivity index (χ2n) is 15.2. The predicted molar refractivity (Wildman–Crippen MR) is 251 cm³/mol. The first kappa shape index (κ1) is 54.5.